The van der Waals surface area contributed by atoms with Gasteiger partial charge in [0.25, 0.3) is 0 Å². The molecule has 0 N–H and O–H groups in total. The number of carboxylic acid groups (broad SMARTS) is 4. The topological polar surface area (TPSA) is 161 Å². The standard InChI is InChI=1S/4C2H4O2.13C2H6.CH4.Cu/c4*1-2(3)4;13*1-2;;/h4*1H3,(H,3,4);13*1-2H3;1H4;/q;;;;;;;;;;;;;;;;;;+2/p-4. The molecule has 0 aromatic carbocycles. The van der Waals surface area contributed by atoms with Crippen molar-refractivity contribution in [3.05, 3.63) is 0 Å². The summed E-state index contributed by atoms with van der Waals surface area (Å²) in [5.41, 5.74) is 0. The monoisotopic (exact) mass is 706 g/mol. The molecule has 0 aliphatic heterocycles. The van der Waals surface area contributed by atoms with E-state index in [-0.39, 0.29) is 24.5 Å². The maximum atomic E-state index is 8.89. The van der Waals surface area contributed by atoms with Gasteiger partial charge in [0.15, 0.2) is 0 Å². The molecule has 0 bridgehead atoms. The van der Waals surface area contributed by atoms with Crippen molar-refractivity contribution in [2.24, 2.45) is 0 Å². The Hall–Kier alpha value is -1.60. The van der Waals surface area contributed by atoms with Crippen molar-refractivity contribution in [1.82, 2.24) is 0 Å². The van der Waals surface area contributed by atoms with Crippen LogP contribution in [0.1, 0.15) is 215 Å². The third-order valence-corrected chi connectivity index (χ3v) is 0. The zero-order valence-electron chi connectivity index (χ0n) is 35.6. The van der Waals surface area contributed by atoms with Crippen LogP contribution in [0, 0.1) is 0 Å². The van der Waals surface area contributed by atoms with Gasteiger partial charge in [-0.1, -0.05) is 187 Å². The van der Waals surface area contributed by atoms with Gasteiger partial charge in [-0.3, -0.25) is 0 Å². The fourth-order valence-electron chi connectivity index (χ4n) is 0. The average Bonchev–Trinajstić information content (AvgIpc) is 3.05. The maximum absolute atomic E-state index is 8.89. The number of hydrogen-bond acceptors (Lipinski definition) is 8. The Labute approximate surface area is 295 Å². The Balaban J connectivity index is -0.00000000896. The van der Waals surface area contributed by atoms with Crippen LogP contribution in [-0.2, 0) is 36.2 Å². The summed E-state index contributed by atoms with van der Waals surface area (Å²) in [7, 11) is 0. The number of aliphatic carboxylic acids is 4. The first-order valence-electron chi connectivity index (χ1n) is 16.6. The molecule has 0 saturated carbocycles. The van der Waals surface area contributed by atoms with Gasteiger partial charge >= 0.3 is 17.1 Å². The van der Waals surface area contributed by atoms with Gasteiger partial charge < -0.3 is 39.6 Å². The zero-order chi connectivity index (χ0) is 40.3. The molecule has 9 heteroatoms. The predicted octanol–water partition coefficient (Wildman–Crippen LogP) is 9.00. The molecule has 0 aromatic rings. The van der Waals surface area contributed by atoms with E-state index in [1.807, 2.05) is 180 Å². The molecule has 0 aromatic heterocycles. The van der Waals surface area contributed by atoms with Crippen molar-refractivity contribution in [1.29, 1.82) is 0 Å². The van der Waals surface area contributed by atoms with Gasteiger partial charge in [-0.25, -0.2) is 0 Å². The summed E-state index contributed by atoms with van der Waals surface area (Å²) in [5.74, 6) is -4.33. The molecular formula is C35H94CuO8-2. The van der Waals surface area contributed by atoms with Crippen LogP contribution in [0.4, 0.5) is 0 Å². The van der Waals surface area contributed by atoms with Crippen molar-refractivity contribution in [2.75, 3.05) is 0 Å². The number of rotatable bonds is 0. The summed E-state index contributed by atoms with van der Waals surface area (Å²) < 4.78 is 0. The first kappa shape index (κ1) is 133. The predicted molar refractivity (Wildman–Crippen MR) is 197 cm³/mol. The van der Waals surface area contributed by atoms with Gasteiger partial charge in [0, 0.05) is 23.9 Å². The molecule has 0 fully saturated rings. The van der Waals surface area contributed by atoms with Crippen LogP contribution in [0.5, 0.6) is 0 Å². The Morgan fingerprint density at radius 3 is 0.250 bits per heavy atom. The van der Waals surface area contributed by atoms with E-state index in [9.17, 15) is 0 Å². The van der Waals surface area contributed by atoms with Crippen molar-refractivity contribution >= 4 is 23.9 Å². The SMILES string of the molecule is C.CC.CC.CC.CC.CC.CC.CC.CC.CC.CC.CC.CC.CC.CC(=O)[O-].CC(=O)[O-].CC(=O)[O-].CC(=O)[O-].[Cu+2]. The largest absolute Gasteiger partial charge is 2.00 e. The van der Waals surface area contributed by atoms with Crippen molar-refractivity contribution in [3.63, 3.8) is 0 Å². The van der Waals surface area contributed by atoms with Gasteiger partial charge in [-0.15, -0.1) is 0 Å². The number of hydrogen-bond donors (Lipinski definition) is 0. The number of carbonyl (C=O) groups is 4. The second-order valence-corrected chi connectivity index (χ2v) is 1.97. The normalized spacial score (nSPS) is 4.05. The Morgan fingerprint density at radius 1 is 0.250 bits per heavy atom. The van der Waals surface area contributed by atoms with Gasteiger partial charge in [0.05, 0.1) is 0 Å². The molecule has 0 spiro atoms. The second-order valence-electron chi connectivity index (χ2n) is 1.97. The zero-order valence-corrected chi connectivity index (χ0v) is 36.5. The van der Waals surface area contributed by atoms with Crippen LogP contribution in [0.2, 0.25) is 0 Å². The molecule has 0 aliphatic rings. The molecule has 44 heavy (non-hydrogen) atoms. The van der Waals surface area contributed by atoms with E-state index in [0.717, 1.165) is 27.7 Å². The van der Waals surface area contributed by atoms with E-state index in [1.165, 1.54) is 0 Å². The Kier molecular flexibility index (Phi) is 1880. The summed E-state index contributed by atoms with van der Waals surface area (Å²) in [6.45, 7) is 55.9. The Morgan fingerprint density at radius 2 is 0.250 bits per heavy atom. The Bertz CT molecular complexity index is 177. The van der Waals surface area contributed by atoms with Crippen molar-refractivity contribution in [3.8, 4) is 0 Å². The first-order valence-corrected chi connectivity index (χ1v) is 16.6. The van der Waals surface area contributed by atoms with Crippen LogP contribution in [0.3, 0.4) is 0 Å². The van der Waals surface area contributed by atoms with Gasteiger partial charge in [0.2, 0.25) is 0 Å². The minimum absolute atomic E-state index is 0. The van der Waals surface area contributed by atoms with Crippen molar-refractivity contribution in [2.45, 2.75) is 215 Å². The first-order chi connectivity index (χ1) is 19.9. The fourth-order valence-corrected chi connectivity index (χ4v) is 0. The molecule has 0 rings (SSSR count). The maximum Gasteiger partial charge on any atom is 2.00 e. The van der Waals surface area contributed by atoms with E-state index in [2.05, 4.69) is 0 Å². The third-order valence-electron chi connectivity index (χ3n) is 0. The fraction of sp³-hybridized carbons (Fsp3) is 0.886. The average molecular weight is 707 g/mol. The third kappa shape index (κ3) is 24500. The summed E-state index contributed by atoms with van der Waals surface area (Å²) >= 11 is 0. The number of carbonyl (C=O) groups excluding carboxylic acids is 4. The summed E-state index contributed by atoms with van der Waals surface area (Å²) in [5, 5.41) is 35.6. The van der Waals surface area contributed by atoms with E-state index in [4.69, 9.17) is 39.6 Å². The summed E-state index contributed by atoms with van der Waals surface area (Å²) in [6, 6.07) is 0. The molecule has 0 heterocycles. The van der Waals surface area contributed by atoms with Gasteiger partial charge in [-0.2, -0.15) is 0 Å². The van der Waals surface area contributed by atoms with E-state index >= 15 is 0 Å². The number of carboxylic acids is 4. The molecule has 295 valence electrons. The molecule has 0 atom stereocenters. The molecular weight excluding hydrogens is 612 g/mol. The summed E-state index contributed by atoms with van der Waals surface area (Å²) in [6.07, 6.45) is 0. The molecule has 0 amide bonds. The van der Waals surface area contributed by atoms with E-state index in [1.54, 1.807) is 0 Å². The van der Waals surface area contributed by atoms with Crippen LogP contribution in [0.15, 0.2) is 0 Å². The van der Waals surface area contributed by atoms with Gasteiger partial charge in [-0.05, 0) is 27.7 Å². The minimum Gasteiger partial charge on any atom is -0.550 e. The van der Waals surface area contributed by atoms with Crippen LogP contribution in [-0.4, -0.2) is 23.9 Å². The second kappa shape index (κ2) is 625. The quantitative estimate of drug-likeness (QED) is 0.226. The smallest absolute Gasteiger partial charge is 0.550 e. The summed E-state index contributed by atoms with van der Waals surface area (Å²) in [4.78, 5) is 35.6. The minimum atomic E-state index is -1.08. The molecule has 0 unspecified atom stereocenters. The van der Waals surface area contributed by atoms with Crippen LogP contribution in [0.25, 0.3) is 0 Å². The van der Waals surface area contributed by atoms with Crippen molar-refractivity contribution < 1.29 is 56.7 Å². The van der Waals surface area contributed by atoms with E-state index < -0.39 is 23.9 Å². The van der Waals surface area contributed by atoms with Gasteiger partial charge in [0.1, 0.15) is 0 Å². The van der Waals surface area contributed by atoms with Crippen LogP contribution >= 0.6 is 0 Å². The molecule has 8 nitrogen and oxygen atoms in total. The molecule has 0 saturated heterocycles. The van der Waals surface area contributed by atoms with Crippen LogP contribution < -0.4 is 20.4 Å². The molecule has 1 radical (unpaired) electrons. The molecule has 0 aliphatic carbocycles. The van der Waals surface area contributed by atoms with E-state index in [0.29, 0.717) is 0 Å².